The number of dihydropyridines is 1. The van der Waals surface area contributed by atoms with Crippen LogP contribution < -0.4 is 0 Å². The first kappa shape index (κ1) is 7.86. The van der Waals surface area contributed by atoms with Crippen LogP contribution in [-0.4, -0.2) is 24.3 Å². The third-order valence-electron chi connectivity index (χ3n) is 1.70. The standard InChI is InChI=1S/C8H13NS/c1-7(10-2)8-4-3-5-9-6-8/h4,6-7H,3,5H2,1-2H3. The van der Waals surface area contributed by atoms with Crippen LogP contribution in [0.2, 0.25) is 0 Å². The van der Waals surface area contributed by atoms with Crippen molar-refractivity contribution in [1.82, 2.24) is 0 Å². The van der Waals surface area contributed by atoms with Gasteiger partial charge in [-0.3, -0.25) is 4.99 Å². The molecule has 0 aromatic rings. The van der Waals surface area contributed by atoms with Gasteiger partial charge in [0.05, 0.1) is 0 Å². The van der Waals surface area contributed by atoms with Gasteiger partial charge in [0, 0.05) is 18.0 Å². The third kappa shape index (κ3) is 1.87. The van der Waals surface area contributed by atoms with E-state index in [2.05, 4.69) is 24.2 Å². The summed E-state index contributed by atoms with van der Waals surface area (Å²) in [7, 11) is 0. The Morgan fingerprint density at radius 1 is 1.70 bits per heavy atom. The highest BCUT2D eigenvalue weighted by Gasteiger charge is 2.05. The van der Waals surface area contributed by atoms with Gasteiger partial charge in [-0.1, -0.05) is 6.08 Å². The predicted molar refractivity (Wildman–Crippen MR) is 49.0 cm³/mol. The molecule has 1 aliphatic rings. The molecule has 0 saturated carbocycles. The van der Waals surface area contributed by atoms with Crippen LogP contribution in [0.1, 0.15) is 13.3 Å². The van der Waals surface area contributed by atoms with Crippen LogP contribution in [0.25, 0.3) is 0 Å². The van der Waals surface area contributed by atoms with E-state index in [-0.39, 0.29) is 0 Å². The van der Waals surface area contributed by atoms with Crippen LogP contribution in [0.4, 0.5) is 0 Å². The molecule has 0 saturated heterocycles. The fourth-order valence-electron chi connectivity index (χ4n) is 0.935. The van der Waals surface area contributed by atoms with Gasteiger partial charge in [-0.25, -0.2) is 0 Å². The van der Waals surface area contributed by atoms with Crippen molar-refractivity contribution in [2.45, 2.75) is 18.6 Å². The number of nitrogens with zero attached hydrogens (tertiary/aromatic N) is 1. The van der Waals surface area contributed by atoms with Crippen molar-refractivity contribution < 1.29 is 0 Å². The summed E-state index contributed by atoms with van der Waals surface area (Å²) in [6.07, 6.45) is 7.55. The van der Waals surface area contributed by atoms with Crippen molar-refractivity contribution in [3.8, 4) is 0 Å². The fourth-order valence-corrected chi connectivity index (χ4v) is 1.36. The number of hydrogen-bond donors (Lipinski definition) is 0. The summed E-state index contributed by atoms with van der Waals surface area (Å²) in [5.74, 6) is 0. The number of hydrogen-bond acceptors (Lipinski definition) is 2. The molecule has 56 valence electrons. The highest BCUT2D eigenvalue weighted by atomic mass is 32.2. The molecule has 1 rings (SSSR count). The van der Waals surface area contributed by atoms with Crippen molar-refractivity contribution in [3.63, 3.8) is 0 Å². The molecule has 0 aromatic heterocycles. The Balaban J connectivity index is 2.54. The lowest BCUT2D eigenvalue weighted by molar-refractivity contribution is 0.973. The maximum atomic E-state index is 4.22. The normalized spacial score (nSPS) is 20.4. The first-order valence-electron chi connectivity index (χ1n) is 3.57. The van der Waals surface area contributed by atoms with Gasteiger partial charge in [-0.2, -0.15) is 11.8 Å². The molecule has 0 aromatic carbocycles. The Hall–Kier alpha value is -0.240. The van der Waals surface area contributed by atoms with E-state index in [4.69, 9.17) is 0 Å². The zero-order chi connectivity index (χ0) is 7.40. The topological polar surface area (TPSA) is 12.4 Å². The average Bonchev–Trinajstić information content (AvgIpc) is 2.05. The Kier molecular flexibility index (Phi) is 3.00. The van der Waals surface area contributed by atoms with Gasteiger partial charge in [0.2, 0.25) is 0 Å². The highest BCUT2D eigenvalue weighted by molar-refractivity contribution is 7.99. The van der Waals surface area contributed by atoms with E-state index in [0.717, 1.165) is 13.0 Å². The third-order valence-corrected chi connectivity index (χ3v) is 2.68. The van der Waals surface area contributed by atoms with E-state index in [9.17, 15) is 0 Å². The molecule has 1 atom stereocenters. The summed E-state index contributed by atoms with van der Waals surface area (Å²) in [4.78, 5) is 4.22. The van der Waals surface area contributed by atoms with Crippen molar-refractivity contribution in [2.75, 3.05) is 12.8 Å². The van der Waals surface area contributed by atoms with Gasteiger partial charge in [0.25, 0.3) is 0 Å². The SMILES string of the molecule is CSC(C)C1=CCCN=C1. The number of rotatable bonds is 2. The van der Waals surface area contributed by atoms with Crippen LogP contribution in [-0.2, 0) is 0 Å². The molecule has 0 bridgehead atoms. The van der Waals surface area contributed by atoms with Crippen molar-refractivity contribution >= 4 is 18.0 Å². The predicted octanol–water partition coefficient (Wildman–Crippen LogP) is 2.14. The molecule has 0 fully saturated rings. The first-order valence-corrected chi connectivity index (χ1v) is 4.86. The molecule has 1 nitrogen and oxygen atoms in total. The molecular weight excluding hydrogens is 142 g/mol. The van der Waals surface area contributed by atoms with Crippen LogP contribution in [0.3, 0.4) is 0 Å². The molecule has 0 radical (unpaired) electrons. The average molecular weight is 155 g/mol. The van der Waals surface area contributed by atoms with Crippen molar-refractivity contribution in [2.24, 2.45) is 4.99 Å². The van der Waals surface area contributed by atoms with Gasteiger partial charge >= 0.3 is 0 Å². The Labute approximate surface area is 66.6 Å². The van der Waals surface area contributed by atoms with E-state index in [1.165, 1.54) is 5.57 Å². The molecule has 1 unspecified atom stereocenters. The summed E-state index contributed by atoms with van der Waals surface area (Å²) < 4.78 is 0. The van der Waals surface area contributed by atoms with E-state index in [1.54, 1.807) is 0 Å². The molecule has 2 heteroatoms. The van der Waals surface area contributed by atoms with Gasteiger partial charge in [0.1, 0.15) is 0 Å². The zero-order valence-electron chi connectivity index (χ0n) is 6.50. The second kappa shape index (κ2) is 3.81. The minimum atomic E-state index is 0.615. The van der Waals surface area contributed by atoms with E-state index in [1.807, 2.05) is 18.0 Å². The van der Waals surface area contributed by atoms with Crippen LogP contribution in [0, 0.1) is 0 Å². The van der Waals surface area contributed by atoms with Gasteiger partial charge in [0.15, 0.2) is 0 Å². The van der Waals surface area contributed by atoms with E-state index in [0.29, 0.717) is 5.25 Å². The maximum absolute atomic E-state index is 4.22. The summed E-state index contributed by atoms with van der Waals surface area (Å²) >= 11 is 1.87. The summed E-state index contributed by atoms with van der Waals surface area (Å²) in [5, 5.41) is 0.615. The van der Waals surface area contributed by atoms with Crippen LogP contribution in [0.15, 0.2) is 16.6 Å². The molecule has 1 heterocycles. The fraction of sp³-hybridized carbons (Fsp3) is 0.625. The van der Waals surface area contributed by atoms with Gasteiger partial charge in [-0.05, 0) is 25.2 Å². The molecule has 1 aliphatic heterocycles. The van der Waals surface area contributed by atoms with Crippen LogP contribution >= 0.6 is 11.8 Å². The number of aliphatic imine (C=N–C) groups is 1. The highest BCUT2D eigenvalue weighted by Crippen LogP contribution is 2.16. The lowest BCUT2D eigenvalue weighted by Gasteiger charge is -2.11. The Morgan fingerprint density at radius 2 is 2.50 bits per heavy atom. The smallest absolute Gasteiger partial charge is 0.0424 e. The molecule has 0 amide bonds. The monoisotopic (exact) mass is 155 g/mol. The largest absolute Gasteiger partial charge is 0.293 e. The van der Waals surface area contributed by atoms with Gasteiger partial charge in [-0.15, -0.1) is 0 Å². The van der Waals surface area contributed by atoms with Crippen LogP contribution in [0.5, 0.6) is 0 Å². The zero-order valence-corrected chi connectivity index (χ0v) is 7.32. The molecule has 0 spiro atoms. The summed E-state index contributed by atoms with van der Waals surface area (Å²) in [6, 6.07) is 0. The minimum Gasteiger partial charge on any atom is -0.293 e. The number of thioether (sulfide) groups is 1. The second-order valence-electron chi connectivity index (χ2n) is 2.41. The Bertz CT molecular complexity index is 161. The van der Waals surface area contributed by atoms with Crippen molar-refractivity contribution in [3.05, 3.63) is 11.6 Å². The van der Waals surface area contributed by atoms with E-state index >= 15 is 0 Å². The molecule has 10 heavy (non-hydrogen) atoms. The Morgan fingerprint density at radius 3 is 3.00 bits per heavy atom. The lowest BCUT2D eigenvalue weighted by atomic mass is 10.1. The van der Waals surface area contributed by atoms with Crippen molar-refractivity contribution in [1.29, 1.82) is 0 Å². The maximum Gasteiger partial charge on any atom is 0.0424 e. The minimum absolute atomic E-state index is 0.615. The first-order chi connectivity index (χ1) is 4.84. The second-order valence-corrected chi connectivity index (χ2v) is 3.58. The molecule has 0 N–H and O–H groups in total. The quantitative estimate of drug-likeness (QED) is 0.595. The summed E-state index contributed by atoms with van der Waals surface area (Å²) in [6.45, 7) is 3.19. The van der Waals surface area contributed by atoms with E-state index < -0.39 is 0 Å². The molecule has 0 aliphatic carbocycles. The molecular formula is C8H13NS. The van der Waals surface area contributed by atoms with Gasteiger partial charge < -0.3 is 0 Å². The lowest BCUT2D eigenvalue weighted by Crippen LogP contribution is -2.05. The summed E-state index contributed by atoms with van der Waals surface area (Å²) in [5.41, 5.74) is 1.39.